The van der Waals surface area contributed by atoms with Crippen LogP contribution in [0, 0.1) is 0 Å². The number of hydrogen-bond acceptors (Lipinski definition) is 5. The molecule has 1 rings (SSSR count). The normalized spacial score (nSPS) is 13.5. The maximum atomic E-state index is 11.9. The number of aromatic nitrogens is 1. The quantitative estimate of drug-likeness (QED) is 0.481. The lowest BCUT2D eigenvalue weighted by molar-refractivity contribution is -0.144. The summed E-state index contributed by atoms with van der Waals surface area (Å²) in [6.45, 7) is 1.89. The van der Waals surface area contributed by atoms with Gasteiger partial charge in [0, 0.05) is 12.4 Å². The molecule has 5 nitrogen and oxygen atoms in total. The monoisotopic (exact) mass is 268 g/mol. The van der Waals surface area contributed by atoms with E-state index in [1.807, 2.05) is 6.92 Å². The SMILES string of the molecule is CCCC(S)(NC(=O)c1cccnc1)C(=O)OC. The zero-order valence-electron chi connectivity index (χ0n) is 10.3. The summed E-state index contributed by atoms with van der Waals surface area (Å²) in [5, 5.41) is 2.57. The van der Waals surface area contributed by atoms with E-state index in [1.54, 1.807) is 18.3 Å². The van der Waals surface area contributed by atoms with Gasteiger partial charge in [0.15, 0.2) is 4.87 Å². The molecule has 0 aromatic carbocycles. The summed E-state index contributed by atoms with van der Waals surface area (Å²) in [7, 11) is 1.26. The number of rotatable bonds is 5. The summed E-state index contributed by atoms with van der Waals surface area (Å²) in [6.07, 6.45) is 4.06. The van der Waals surface area contributed by atoms with Crippen LogP contribution in [0.4, 0.5) is 0 Å². The zero-order chi connectivity index (χ0) is 13.6. The Morgan fingerprint density at radius 3 is 2.78 bits per heavy atom. The highest BCUT2D eigenvalue weighted by Gasteiger charge is 2.36. The first-order valence-corrected chi connectivity index (χ1v) is 6.01. The highest BCUT2D eigenvalue weighted by atomic mass is 32.1. The number of carbonyl (C=O) groups is 2. The van der Waals surface area contributed by atoms with Crippen LogP contribution in [0.1, 0.15) is 30.1 Å². The van der Waals surface area contributed by atoms with E-state index in [0.29, 0.717) is 18.4 Å². The van der Waals surface area contributed by atoms with Gasteiger partial charge in [-0.3, -0.25) is 9.78 Å². The Balaban J connectivity index is 2.85. The number of nitrogens with zero attached hydrogens (tertiary/aromatic N) is 1. The molecular formula is C12H16N2O3S. The van der Waals surface area contributed by atoms with E-state index >= 15 is 0 Å². The Bertz CT molecular complexity index is 425. The molecule has 1 heterocycles. The van der Waals surface area contributed by atoms with Crippen LogP contribution in [0.3, 0.4) is 0 Å². The molecular weight excluding hydrogens is 252 g/mol. The van der Waals surface area contributed by atoms with Crippen LogP contribution < -0.4 is 5.32 Å². The summed E-state index contributed by atoms with van der Waals surface area (Å²) in [5.74, 6) is -0.984. The molecule has 0 fully saturated rings. The van der Waals surface area contributed by atoms with Gasteiger partial charge in [0.05, 0.1) is 12.7 Å². The fourth-order valence-electron chi connectivity index (χ4n) is 1.50. The van der Waals surface area contributed by atoms with Crippen LogP contribution >= 0.6 is 12.6 Å². The zero-order valence-corrected chi connectivity index (χ0v) is 11.2. The molecule has 1 atom stereocenters. The van der Waals surface area contributed by atoms with Crippen LogP contribution in [-0.2, 0) is 9.53 Å². The standard InChI is InChI=1S/C12H16N2O3S/c1-3-6-12(18,11(16)17-2)14-10(15)9-5-4-7-13-8-9/h4-5,7-8,18H,3,6H2,1-2H3,(H,14,15). The molecule has 0 radical (unpaired) electrons. The van der Waals surface area contributed by atoms with Crippen molar-refractivity contribution in [3.63, 3.8) is 0 Å². The molecule has 1 N–H and O–H groups in total. The molecule has 0 saturated heterocycles. The number of thiol groups is 1. The Hall–Kier alpha value is -1.56. The van der Waals surface area contributed by atoms with Gasteiger partial charge in [0.2, 0.25) is 0 Å². The van der Waals surface area contributed by atoms with Crippen molar-refractivity contribution < 1.29 is 14.3 Å². The van der Waals surface area contributed by atoms with E-state index in [1.165, 1.54) is 13.3 Å². The Morgan fingerprint density at radius 2 is 2.28 bits per heavy atom. The molecule has 1 unspecified atom stereocenters. The highest BCUT2D eigenvalue weighted by molar-refractivity contribution is 7.82. The van der Waals surface area contributed by atoms with Crippen molar-refractivity contribution in [2.45, 2.75) is 24.6 Å². The first-order valence-electron chi connectivity index (χ1n) is 5.57. The number of carbonyl (C=O) groups excluding carboxylic acids is 2. The van der Waals surface area contributed by atoms with E-state index in [2.05, 4.69) is 27.7 Å². The number of esters is 1. The molecule has 0 aliphatic rings. The third kappa shape index (κ3) is 3.46. The van der Waals surface area contributed by atoms with Gasteiger partial charge >= 0.3 is 5.97 Å². The molecule has 6 heteroatoms. The third-order valence-electron chi connectivity index (χ3n) is 2.38. The first kappa shape index (κ1) is 14.5. The van der Waals surface area contributed by atoms with E-state index in [-0.39, 0.29) is 0 Å². The van der Waals surface area contributed by atoms with E-state index in [4.69, 9.17) is 0 Å². The molecule has 0 aliphatic carbocycles. The number of ether oxygens (including phenoxy) is 1. The fraction of sp³-hybridized carbons (Fsp3) is 0.417. The summed E-state index contributed by atoms with van der Waals surface area (Å²) >= 11 is 4.24. The highest BCUT2D eigenvalue weighted by Crippen LogP contribution is 2.20. The molecule has 0 aliphatic heterocycles. The molecule has 98 valence electrons. The summed E-state index contributed by atoms with van der Waals surface area (Å²) in [5.41, 5.74) is 0.371. The number of hydrogen-bond donors (Lipinski definition) is 2. The summed E-state index contributed by atoms with van der Waals surface area (Å²) in [6, 6.07) is 3.26. The van der Waals surface area contributed by atoms with Crippen molar-refractivity contribution in [2.75, 3.05) is 7.11 Å². The minimum absolute atomic E-state index is 0.371. The lowest BCUT2D eigenvalue weighted by Gasteiger charge is -2.26. The van der Waals surface area contributed by atoms with Crippen LogP contribution in [0.2, 0.25) is 0 Å². The number of methoxy groups -OCH3 is 1. The van der Waals surface area contributed by atoms with Crippen molar-refractivity contribution in [1.29, 1.82) is 0 Å². The average Bonchev–Trinajstić information content (AvgIpc) is 2.39. The second-order valence-electron chi connectivity index (χ2n) is 3.80. The van der Waals surface area contributed by atoms with Gasteiger partial charge in [-0.2, -0.15) is 0 Å². The number of pyridine rings is 1. The molecule has 0 spiro atoms. The van der Waals surface area contributed by atoms with E-state index < -0.39 is 16.7 Å². The minimum Gasteiger partial charge on any atom is -0.467 e. The van der Waals surface area contributed by atoms with Crippen molar-refractivity contribution >= 4 is 24.5 Å². The second kappa shape index (κ2) is 6.39. The van der Waals surface area contributed by atoms with Crippen molar-refractivity contribution in [3.05, 3.63) is 30.1 Å². The Labute approximate surface area is 111 Å². The van der Waals surface area contributed by atoms with Crippen LogP contribution in [0.15, 0.2) is 24.5 Å². The smallest absolute Gasteiger partial charge is 0.342 e. The minimum atomic E-state index is -1.31. The maximum absolute atomic E-state index is 11.9. The van der Waals surface area contributed by atoms with Crippen LogP contribution in [0.5, 0.6) is 0 Å². The average molecular weight is 268 g/mol. The van der Waals surface area contributed by atoms with Gasteiger partial charge in [-0.05, 0) is 18.6 Å². The lowest BCUT2D eigenvalue weighted by Crippen LogP contribution is -2.50. The molecule has 18 heavy (non-hydrogen) atoms. The predicted molar refractivity (Wildman–Crippen MR) is 70.3 cm³/mol. The molecule has 0 saturated carbocycles. The van der Waals surface area contributed by atoms with Gasteiger partial charge in [-0.15, -0.1) is 12.6 Å². The van der Waals surface area contributed by atoms with Crippen molar-refractivity contribution in [1.82, 2.24) is 10.3 Å². The first-order chi connectivity index (χ1) is 8.53. The van der Waals surface area contributed by atoms with Gasteiger partial charge in [-0.25, -0.2) is 4.79 Å². The largest absolute Gasteiger partial charge is 0.467 e. The van der Waals surface area contributed by atoms with Gasteiger partial charge in [-0.1, -0.05) is 13.3 Å². The molecule has 1 aromatic rings. The van der Waals surface area contributed by atoms with Crippen LogP contribution in [-0.4, -0.2) is 28.8 Å². The van der Waals surface area contributed by atoms with Crippen LogP contribution in [0.25, 0.3) is 0 Å². The van der Waals surface area contributed by atoms with Gasteiger partial charge in [0.1, 0.15) is 0 Å². The van der Waals surface area contributed by atoms with Crippen molar-refractivity contribution in [2.24, 2.45) is 0 Å². The van der Waals surface area contributed by atoms with Gasteiger partial charge in [0.25, 0.3) is 5.91 Å². The van der Waals surface area contributed by atoms with E-state index in [0.717, 1.165) is 0 Å². The van der Waals surface area contributed by atoms with E-state index in [9.17, 15) is 9.59 Å². The second-order valence-corrected chi connectivity index (χ2v) is 4.56. The maximum Gasteiger partial charge on any atom is 0.342 e. The summed E-state index contributed by atoms with van der Waals surface area (Å²) < 4.78 is 4.66. The number of amides is 1. The summed E-state index contributed by atoms with van der Waals surface area (Å²) in [4.78, 5) is 26.1. The predicted octanol–water partition coefficient (Wildman–Crippen LogP) is 1.41. The Morgan fingerprint density at radius 1 is 1.56 bits per heavy atom. The third-order valence-corrected chi connectivity index (χ3v) is 2.90. The molecule has 1 amide bonds. The number of nitrogens with one attached hydrogen (secondary N) is 1. The molecule has 0 bridgehead atoms. The fourth-order valence-corrected chi connectivity index (χ4v) is 1.92. The van der Waals surface area contributed by atoms with Gasteiger partial charge < -0.3 is 10.1 Å². The molecule has 1 aromatic heterocycles. The Kier molecular flexibility index (Phi) is 5.15. The topological polar surface area (TPSA) is 68.3 Å². The lowest BCUT2D eigenvalue weighted by atomic mass is 10.1. The van der Waals surface area contributed by atoms with Crippen molar-refractivity contribution in [3.8, 4) is 0 Å².